The van der Waals surface area contributed by atoms with Gasteiger partial charge in [0.1, 0.15) is 0 Å². The molecule has 0 atom stereocenters. The van der Waals surface area contributed by atoms with Crippen molar-refractivity contribution >= 4 is 42.0 Å². The number of piperidine rings is 1. The molecule has 0 saturated carbocycles. The molecule has 33 heavy (non-hydrogen) atoms. The molecule has 0 spiro atoms. The van der Waals surface area contributed by atoms with Gasteiger partial charge in [-0.25, -0.2) is 0 Å². The number of aromatic nitrogens is 1. The second-order valence-electron chi connectivity index (χ2n) is 8.78. The lowest BCUT2D eigenvalue weighted by Gasteiger charge is -2.31. The number of anilines is 2. The Morgan fingerprint density at radius 1 is 0.909 bits per heavy atom. The highest BCUT2D eigenvalue weighted by atomic mass is 35.5. The zero-order chi connectivity index (χ0) is 21.0. The van der Waals surface area contributed by atoms with Crippen LogP contribution >= 0.6 is 24.8 Å². The Labute approximate surface area is 208 Å². The third kappa shape index (κ3) is 5.94. The van der Waals surface area contributed by atoms with Gasteiger partial charge in [-0.2, -0.15) is 0 Å². The van der Waals surface area contributed by atoms with Gasteiger partial charge in [-0.15, -0.1) is 24.8 Å². The van der Waals surface area contributed by atoms with Gasteiger partial charge in [-0.3, -0.25) is 14.7 Å². The Bertz CT molecular complexity index is 1040. The van der Waals surface area contributed by atoms with Gasteiger partial charge in [0.2, 0.25) is 0 Å². The summed E-state index contributed by atoms with van der Waals surface area (Å²) in [5, 5.41) is 0. The number of pyridine rings is 1. The molecule has 0 radical (unpaired) electrons. The molecule has 2 aliphatic heterocycles. The highest BCUT2D eigenvalue weighted by Gasteiger charge is 2.24. The maximum absolute atomic E-state index is 13.0. The first-order valence-corrected chi connectivity index (χ1v) is 11.4. The van der Waals surface area contributed by atoms with Crippen LogP contribution in [0.15, 0.2) is 73.1 Å². The summed E-state index contributed by atoms with van der Waals surface area (Å²) in [5.74, 6) is 0.799. The zero-order valence-electron chi connectivity index (χ0n) is 18.7. The van der Waals surface area contributed by atoms with E-state index in [-0.39, 0.29) is 24.8 Å². The summed E-state index contributed by atoms with van der Waals surface area (Å²) < 4.78 is 0. The quantitative estimate of drug-likeness (QED) is 0.396. The molecule has 6 heteroatoms. The average molecular weight is 484 g/mol. The number of fused-ring (bicyclic) bond motifs is 1. The largest absolute Gasteiger partial charge is 0.341 e. The molecule has 0 aliphatic carbocycles. The molecule has 3 heterocycles. The smallest absolute Gasteiger partial charge is 0.163 e. The third-order valence-corrected chi connectivity index (χ3v) is 6.70. The van der Waals surface area contributed by atoms with Gasteiger partial charge >= 0.3 is 0 Å². The SMILES string of the molecule is Cl.Cl.O=C(CC1CCN(Cc2ccccc2)CC1)c1ccc2c(c1)CCN2c1ccncc1. The van der Waals surface area contributed by atoms with Crippen LogP contribution in [0.4, 0.5) is 11.4 Å². The van der Waals surface area contributed by atoms with Gasteiger partial charge in [0.25, 0.3) is 0 Å². The first-order valence-electron chi connectivity index (χ1n) is 11.4. The minimum atomic E-state index is 0. The number of halogens is 2. The number of carbonyl (C=O) groups is 1. The van der Waals surface area contributed by atoms with Crippen molar-refractivity contribution < 1.29 is 4.79 Å². The summed E-state index contributed by atoms with van der Waals surface area (Å²) >= 11 is 0. The average Bonchev–Trinajstić information content (AvgIpc) is 3.25. The minimum absolute atomic E-state index is 0. The van der Waals surface area contributed by atoms with Gasteiger partial charge < -0.3 is 4.90 Å². The molecule has 0 bridgehead atoms. The van der Waals surface area contributed by atoms with E-state index in [1.54, 1.807) is 0 Å². The lowest BCUT2D eigenvalue weighted by atomic mass is 9.89. The number of ketones is 1. The molecule has 1 aromatic heterocycles. The van der Waals surface area contributed by atoms with Crippen molar-refractivity contribution in [2.45, 2.75) is 32.2 Å². The van der Waals surface area contributed by atoms with Crippen molar-refractivity contribution in [3.05, 3.63) is 89.7 Å². The molecule has 0 unspecified atom stereocenters. The van der Waals surface area contributed by atoms with Crippen LogP contribution in [0.5, 0.6) is 0 Å². The first kappa shape index (κ1) is 25.2. The number of carbonyl (C=O) groups excluding carboxylic acids is 1. The molecule has 174 valence electrons. The fourth-order valence-corrected chi connectivity index (χ4v) is 4.94. The van der Waals surface area contributed by atoms with Gasteiger partial charge in [-0.1, -0.05) is 30.3 Å². The van der Waals surface area contributed by atoms with E-state index in [4.69, 9.17) is 0 Å². The summed E-state index contributed by atoms with van der Waals surface area (Å²) in [6.07, 6.45) is 7.54. The van der Waals surface area contributed by atoms with Crippen LogP contribution in [0.1, 0.15) is 40.7 Å². The Morgan fingerprint density at radius 2 is 1.64 bits per heavy atom. The Morgan fingerprint density at radius 3 is 2.36 bits per heavy atom. The van der Waals surface area contributed by atoms with Gasteiger partial charge in [-0.05, 0) is 79.7 Å². The number of hydrogen-bond donors (Lipinski definition) is 0. The Balaban J connectivity index is 0.00000153. The maximum Gasteiger partial charge on any atom is 0.163 e. The van der Waals surface area contributed by atoms with Crippen LogP contribution in [0.25, 0.3) is 0 Å². The molecule has 5 rings (SSSR count). The van der Waals surface area contributed by atoms with E-state index in [0.717, 1.165) is 56.7 Å². The van der Waals surface area contributed by atoms with E-state index < -0.39 is 0 Å². The van der Waals surface area contributed by atoms with E-state index in [0.29, 0.717) is 18.1 Å². The summed E-state index contributed by atoms with van der Waals surface area (Å²) in [6.45, 7) is 4.13. The zero-order valence-corrected chi connectivity index (χ0v) is 20.4. The van der Waals surface area contributed by atoms with Crippen molar-refractivity contribution in [1.29, 1.82) is 0 Å². The molecular weight excluding hydrogens is 453 g/mol. The van der Waals surface area contributed by atoms with Crippen LogP contribution in [0, 0.1) is 5.92 Å². The molecule has 2 aliphatic rings. The van der Waals surface area contributed by atoms with Crippen LogP contribution in [-0.4, -0.2) is 35.3 Å². The number of benzene rings is 2. The van der Waals surface area contributed by atoms with Gasteiger partial charge in [0.15, 0.2) is 5.78 Å². The number of Topliss-reactive ketones (excluding diaryl/α,β-unsaturated/α-hetero) is 1. The predicted molar refractivity (Wildman–Crippen MR) is 139 cm³/mol. The second-order valence-corrected chi connectivity index (χ2v) is 8.78. The van der Waals surface area contributed by atoms with Crippen molar-refractivity contribution in [1.82, 2.24) is 9.88 Å². The van der Waals surface area contributed by atoms with E-state index in [9.17, 15) is 4.79 Å². The lowest BCUT2D eigenvalue weighted by Crippen LogP contribution is -2.33. The van der Waals surface area contributed by atoms with Crippen molar-refractivity contribution in [3.63, 3.8) is 0 Å². The summed E-state index contributed by atoms with van der Waals surface area (Å²) in [7, 11) is 0. The van der Waals surface area contributed by atoms with Crippen LogP contribution < -0.4 is 4.90 Å². The molecule has 2 aromatic carbocycles. The van der Waals surface area contributed by atoms with E-state index in [1.165, 1.54) is 16.8 Å². The number of hydrogen-bond acceptors (Lipinski definition) is 4. The third-order valence-electron chi connectivity index (χ3n) is 6.70. The van der Waals surface area contributed by atoms with E-state index in [1.807, 2.05) is 30.6 Å². The van der Waals surface area contributed by atoms with Crippen molar-refractivity contribution in [2.75, 3.05) is 24.5 Å². The minimum Gasteiger partial charge on any atom is -0.341 e. The predicted octanol–water partition coefficient (Wildman–Crippen LogP) is 6.10. The standard InChI is InChI=1S/C27H29N3O.2ClH/c31-27(18-21-10-15-29(16-11-21)20-22-4-2-1-3-5-22)24-6-7-26-23(19-24)12-17-30(26)25-8-13-28-14-9-25;;/h1-9,13-14,19,21H,10-12,15-18,20H2;2*1H. The second kappa shape index (κ2) is 11.6. The fraction of sp³-hybridized carbons (Fsp3) is 0.333. The van der Waals surface area contributed by atoms with E-state index >= 15 is 0 Å². The Kier molecular flexibility index (Phi) is 8.90. The highest BCUT2D eigenvalue weighted by Crippen LogP contribution is 2.35. The normalized spacial score (nSPS) is 15.9. The lowest BCUT2D eigenvalue weighted by molar-refractivity contribution is 0.0925. The number of rotatable bonds is 6. The molecule has 0 N–H and O–H groups in total. The van der Waals surface area contributed by atoms with Crippen LogP contribution in [0.2, 0.25) is 0 Å². The van der Waals surface area contributed by atoms with Crippen LogP contribution in [-0.2, 0) is 13.0 Å². The number of likely N-dealkylation sites (tertiary alicyclic amines) is 1. The summed E-state index contributed by atoms with van der Waals surface area (Å²) in [5.41, 5.74) is 5.91. The van der Waals surface area contributed by atoms with Gasteiger partial charge in [0.05, 0.1) is 0 Å². The van der Waals surface area contributed by atoms with Gasteiger partial charge in [0, 0.05) is 48.8 Å². The summed E-state index contributed by atoms with van der Waals surface area (Å²) in [6, 6.07) is 21.0. The molecular formula is C27H31Cl2N3O. The Hall–Kier alpha value is -2.40. The van der Waals surface area contributed by atoms with Crippen molar-refractivity contribution in [3.8, 4) is 0 Å². The molecule has 0 amide bonds. The summed E-state index contributed by atoms with van der Waals surface area (Å²) in [4.78, 5) is 21.9. The molecule has 1 fully saturated rings. The molecule has 3 aromatic rings. The monoisotopic (exact) mass is 483 g/mol. The molecule has 1 saturated heterocycles. The fourth-order valence-electron chi connectivity index (χ4n) is 4.94. The first-order chi connectivity index (χ1) is 15.3. The van der Waals surface area contributed by atoms with E-state index in [2.05, 4.69) is 57.2 Å². The topological polar surface area (TPSA) is 36.4 Å². The van der Waals surface area contributed by atoms with Crippen LogP contribution in [0.3, 0.4) is 0 Å². The van der Waals surface area contributed by atoms with Crippen molar-refractivity contribution in [2.24, 2.45) is 5.92 Å². The highest BCUT2D eigenvalue weighted by molar-refractivity contribution is 5.97. The molecule has 4 nitrogen and oxygen atoms in total. The maximum atomic E-state index is 13.0. The number of nitrogens with zero attached hydrogens (tertiary/aromatic N) is 3.